The lowest BCUT2D eigenvalue weighted by Crippen LogP contribution is -2.47. The lowest BCUT2D eigenvalue weighted by molar-refractivity contribution is -0.117. The fourth-order valence-corrected chi connectivity index (χ4v) is 4.67. The van der Waals surface area contributed by atoms with Crippen LogP contribution in [0.25, 0.3) is 0 Å². The molecule has 2 amide bonds. The van der Waals surface area contributed by atoms with Crippen molar-refractivity contribution < 1.29 is 23.9 Å². The Labute approximate surface area is 204 Å². The Balaban J connectivity index is 1.72. The molecule has 0 fully saturated rings. The van der Waals surface area contributed by atoms with Crippen LogP contribution < -0.4 is 14.5 Å². The Morgan fingerprint density at radius 1 is 0.886 bits per heavy atom. The van der Waals surface area contributed by atoms with Crippen LogP contribution in [0.2, 0.25) is 0 Å². The number of nitrogens with zero attached hydrogens (tertiary/aromatic N) is 2. The molecule has 3 aromatic rings. The number of amides is 2. The van der Waals surface area contributed by atoms with Gasteiger partial charge in [0.15, 0.2) is 0 Å². The first-order valence-electron chi connectivity index (χ1n) is 11.4. The SMILES string of the molecule is COC(=O)c1ccc(N(C(C)=O)C2CC(C)N(C(=O)c3ccc(OC)cc3)c3ccccc32)cc1. The summed E-state index contributed by atoms with van der Waals surface area (Å²) in [6.07, 6.45) is 0.553. The molecular weight excluding hydrogens is 444 g/mol. The van der Waals surface area contributed by atoms with Crippen molar-refractivity contribution in [3.05, 3.63) is 89.5 Å². The maximum Gasteiger partial charge on any atom is 0.337 e. The van der Waals surface area contributed by atoms with Gasteiger partial charge in [0.05, 0.1) is 25.8 Å². The Bertz CT molecular complexity index is 1240. The van der Waals surface area contributed by atoms with E-state index in [2.05, 4.69) is 0 Å². The van der Waals surface area contributed by atoms with Gasteiger partial charge in [-0.3, -0.25) is 9.59 Å². The number of rotatable bonds is 5. The average molecular weight is 473 g/mol. The molecule has 1 aliphatic rings. The largest absolute Gasteiger partial charge is 0.497 e. The number of anilines is 2. The van der Waals surface area contributed by atoms with Gasteiger partial charge in [-0.05, 0) is 73.5 Å². The van der Waals surface area contributed by atoms with Crippen LogP contribution in [0.5, 0.6) is 5.75 Å². The standard InChI is InChI=1S/C28H28N2O5/c1-18-17-26(30(19(2)31)22-13-9-21(10-14-22)28(33)35-4)24-7-5-6-8-25(24)29(18)27(32)20-11-15-23(34-3)16-12-20/h5-16,18,26H,17H2,1-4H3. The van der Waals surface area contributed by atoms with Crippen molar-refractivity contribution in [1.82, 2.24) is 0 Å². The summed E-state index contributed by atoms with van der Waals surface area (Å²) < 4.78 is 10.00. The maximum absolute atomic E-state index is 13.5. The molecule has 180 valence electrons. The molecule has 0 spiro atoms. The summed E-state index contributed by atoms with van der Waals surface area (Å²) in [6.45, 7) is 3.51. The fourth-order valence-electron chi connectivity index (χ4n) is 4.67. The minimum Gasteiger partial charge on any atom is -0.497 e. The third kappa shape index (κ3) is 4.62. The first-order chi connectivity index (χ1) is 16.8. The van der Waals surface area contributed by atoms with Gasteiger partial charge in [-0.1, -0.05) is 18.2 Å². The van der Waals surface area contributed by atoms with Crippen molar-refractivity contribution in [2.24, 2.45) is 0 Å². The van der Waals surface area contributed by atoms with Crippen molar-refractivity contribution in [3.63, 3.8) is 0 Å². The van der Waals surface area contributed by atoms with E-state index in [-0.39, 0.29) is 23.9 Å². The van der Waals surface area contributed by atoms with Crippen molar-refractivity contribution >= 4 is 29.2 Å². The predicted molar refractivity (Wildman–Crippen MR) is 134 cm³/mol. The van der Waals surface area contributed by atoms with E-state index >= 15 is 0 Å². The molecule has 0 N–H and O–H groups in total. The first kappa shape index (κ1) is 24.0. The molecule has 0 bridgehead atoms. The zero-order valence-corrected chi connectivity index (χ0v) is 20.2. The molecule has 3 aromatic carbocycles. The molecule has 0 aliphatic carbocycles. The topological polar surface area (TPSA) is 76.2 Å². The molecule has 35 heavy (non-hydrogen) atoms. The van der Waals surface area contributed by atoms with Crippen LogP contribution in [0, 0.1) is 0 Å². The molecule has 0 saturated heterocycles. The van der Waals surface area contributed by atoms with Gasteiger partial charge >= 0.3 is 5.97 Å². The molecule has 0 saturated carbocycles. The van der Waals surface area contributed by atoms with Crippen molar-refractivity contribution in [2.75, 3.05) is 24.0 Å². The van der Waals surface area contributed by atoms with Crippen molar-refractivity contribution in [3.8, 4) is 5.75 Å². The Kier molecular flexibility index (Phi) is 6.87. The van der Waals surface area contributed by atoms with Gasteiger partial charge in [-0.15, -0.1) is 0 Å². The number of esters is 1. The summed E-state index contributed by atoms with van der Waals surface area (Å²) in [5.74, 6) is 0.0138. The Hall–Kier alpha value is -4.13. The first-order valence-corrected chi connectivity index (χ1v) is 11.4. The van der Waals surface area contributed by atoms with Gasteiger partial charge in [-0.25, -0.2) is 4.79 Å². The number of hydrogen-bond donors (Lipinski definition) is 0. The van der Waals surface area contributed by atoms with Crippen LogP contribution in [0.3, 0.4) is 0 Å². The van der Waals surface area contributed by atoms with Crippen LogP contribution >= 0.6 is 0 Å². The number of para-hydroxylation sites is 1. The van der Waals surface area contributed by atoms with Crippen LogP contribution in [0.1, 0.15) is 52.6 Å². The molecule has 1 aliphatic heterocycles. The number of hydrogen-bond acceptors (Lipinski definition) is 5. The zero-order valence-electron chi connectivity index (χ0n) is 20.2. The second kappa shape index (κ2) is 10.0. The summed E-state index contributed by atoms with van der Waals surface area (Å²) in [5.41, 5.74) is 3.31. The maximum atomic E-state index is 13.5. The van der Waals surface area contributed by atoms with Gasteiger partial charge in [0, 0.05) is 29.9 Å². The summed E-state index contributed by atoms with van der Waals surface area (Å²) in [6, 6.07) is 21.1. The molecule has 2 atom stereocenters. The predicted octanol–water partition coefficient (Wildman–Crippen LogP) is 5.02. The van der Waals surface area contributed by atoms with Gasteiger partial charge in [0.25, 0.3) is 5.91 Å². The van der Waals surface area contributed by atoms with E-state index in [1.807, 2.05) is 31.2 Å². The molecule has 2 unspecified atom stereocenters. The van der Waals surface area contributed by atoms with E-state index in [0.29, 0.717) is 29.0 Å². The summed E-state index contributed by atoms with van der Waals surface area (Å²) in [4.78, 5) is 41.8. The number of methoxy groups -OCH3 is 2. The second-order valence-corrected chi connectivity index (χ2v) is 8.49. The molecular formula is C28H28N2O5. The second-order valence-electron chi connectivity index (χ2n) is 8.49. The van der Waals surface area contributed by atoms with E-state index < -0.39 is 5.97 Å². The highest BCUT2D eigenvalue weighted by Crippen LogP contribution is 2.42. The molecule has 7 nitrogen and oxygen atoms in total. The Morgan fingerprint density at radius 2 is 1.51 bits per heavy atom. The fraction of sp³-hybridized carbons (Fsp3) is 0.250. The highest BCUT2D eigenvalue weighted by Gasteiger charge is 2.38. The smallest absolute Gasteiger partial charge is 0.337 e. The normalized spacial score (nSPS) is 16.7. The van der Waals surface area contributed by atoms with Gasteiger partial charge in [-0.2, -0.15) is 0 Å². The van der Waals surface area contributed by atoms with Gasteiger partial charge in [0.2, 0.25) is 5.91 Å². The molecule has 0 radical (unpaired) electrons. The monoisotopic (exact) mass is 472 g/mol. The summed E-state index contributed by atoms with van der Waals surface area (Å²) in [5, 5.41) is 0. The van der Waals surface area contributed by atoms with Crippen LogP contribution in [-0.2, 0) is 9.53 Å². The quantitative estimate of drug-likeness (QED) is 0.488. The van der Waals surface area contributed by atoms with Gasteiger partial charge in [0.1, 0.15) is 5.75 Å². The number of carbonyl (C=O) groups is 3. The number of ether oxygens (including phenoxy) is 2. The third-order valence-corrected chi connectivity index (χ3v) is 6.33. The average Bonchev–Trinajstić information content (AvgIpc) is 2.88. The van der Waals surface area contributed by atoms with Gasteiger partial charge < -0.3 is 19.3 Å². The number of carbonyl (C=O) groups excluding carboxylic acids is 3. The number of benzene rings is 3. The molecule has 7 heteroatoms. The molecule has 1 heterocycles. The van der Waals surface area contributed by atoms with Crippen LogP contribution in [0.15, 0.2) is 72.8 Å². The third-order valence-electron chi connectivity index (χ3n) is 6.33. The van der Waals surface area contributed by atoms with Crippen LogP contribution in [-0.4, -0.2) is 38.0 Å². The minimum atomic E-state index is -0.435. The van der Waals surface area contributed by atoms with E-state index in [1.54, 1.807) is 65.4 Å². The zero-order chi connectivity index (χ0) is 25.1. The Morgan fingerprint density at radius 3 is 2.11 bits per heavy atom. The van der Waals surface area contributed by atoms with Crippen molar-refractivity contribution in [2.45, 2.75) is 32.4 Å². The molecule has 4 rings (SSSR count). The van der Waals surface area contributed by atoms with E-state index in [4.69, 9.17) is 9.47 Å². The highest BCUT2D eigenvalue weighted by molar-refractivity contribution is 6.07. The van der Waals surface area contributed by atoms with Crippen LogP contribution in [0.4, 0.5) is 11.4 Å². The lowest BCUT2D eigenvalue weighted by atomic mass is 9.89. The number of fused-ring (bicyclic) bond motifs is 1. The van der Waals surface area contributed by atoms with E-state index in [1.165, 1.54) is 14.0 Å². The minimum absolute atomic E-state index is 0.108. The van der Waals surface area contributed by atoms with E-state index in [0.717, 1.165) is 11.3 Å². The lowest BCUT2D eigenvalue weighted by Gasteiger charge is -2.43. The van der Waals surface area contributed by atoms with E-state index in [9.17, 15) is 14.4 Å². The highest BCUT2D eigenvalue weighted by atomic mass is 16.5. The molecule has 0 aromatic heterocycles. The summed E-state index contributed by atoms with van der Waals surface area (Å²) >= 11 is 0. The van der Waals surface area contributed by atoms with Crippen molar-refractivity contribution in [1.29, 1.82) is 0 Å². The summed E-state index contributed by atoms with van der Waals surface area (Å²) in [7, 11) is 2.92.